The molecule has 0 saturated carbocycles. The second kappa shape index (κ2) is 17.8. The first-order valence-electron chi connectivity index (χ1n) is 24.5. The maximum Gasteiger partial charge on any atom is 0.333 e. The molecule has 0 amide bonds. The molecule has 0 aromatic heterocycles. The number of rotatable bonds is 9. The van der Waals surface area contributed by atoms with E-state index in [0.29, 0.717) is 0 Å². The molecule has 11 aromatic carbocycles. The second-order valence-electron chi connectivity index (χ2n) is 18.6. The fourth-order valence-electron chi connectivity index (χ4n) is 11.0. The van der Waals surface area contributed by atoms with Crippen LogP contribution in [0.4, 0.5) is 45.5 Å². The van der Waals surface area contributed by atoms with E-state index in [1.165, 1.54) is 83.5 Å². The van der Waals surface area contributed by atoms with Gasteiger partial charge in [0.2, 0.25) is 0 Å². The summed E-state index contributed by atoms with van der Waals surface area (Å²) in [5.74, 6) is 0. The second-order valence-corrected chi connectivity index (χ2v) is 18.6. The van der Waals surface area contributed by atoms with E-state index < -0.39 is 0 Å². The molecule has 11 aromatic rings. The molecule has 0 fully saturated rings. The van der Waals surface area contributed by atoms with Gasteiger partial charge in [0.15, 0.2) is 0 Å². The first kappa shape index (κ1) is 42.0. The fraction of sp³-hybridized carbons (Fsp3) is 0.0149. The maximum atomic E-state index is 2.62. The van der Waals surface area contributed by atoms with Crippen LogP contribution in [0, 0.1) is 6.92 Å². The number of hydrogen-bond acceptors (Lipinski definition) is 3. The van der Waals surface area contributed by atoms with Gasteiger partial charge in [-0.2, -0.15) is 0 Å². The Morgan fingerprint density at radius 2 is 0.775 bits per heavy atom. The summed E-state index contributed by atoms with van der Waals surface area (Å²) in [5.41, 5.74) is 24.7. The Labute approximate surface area is 416 Å². The quantitative estimate of drug-likeness (QED) is 0.134. The van der Waals surface area contributed by atoms with Crippen LogP contribution < -0.4 is 25.5 Å². The summed E-state index contributed by atoms with van der Waals surface area (Å²) < 4.78 is 0. The van der Waals surface area contributed by atoms with Crippen LogP contribution in [0.25, 0.3) is 55.6 Å². The Kier molecular flexibility index (Phi) is 10.5. The van der Waals surface area contributed by atoms with Crippen LogP contribution in [-0.4, -0.2) is 6.85 Å². The zero-order valence-electron chi connectivity index (χ0n) is 39.4. The summed E-state index contributed by atoms with van der Waals surface area (Å²) in [5, 5.41) is 0. The summed E-state index contributed by atoms with van der Waals surface area (Å²) in [6.45, 7) is 2.09. The molecule has 2 heterocycles. The fourth-order valence-corrected chi connectivity index (χ4v) is 11.0. The highest BCUT2D eigenvalue weighted by Crippen LogP contribution is 2.51. The Bertz CT molecular complexity index is 3660. The Hall–Kier alpha value is -9.12. The van der Waals surface area contributed by atoms with Crippen LogP contribution in [0.5, 0.6) is 0 Å². The number of anilines is 8. The van der Waals surface area contributed by atoms with E-state index in [1.54, 1.807) is 0 Å². The normalized spacial score (nSPS) is 12.2. The monoisotopic (exact) mass is 905 g/mol. The van der Waals surface area contributed by atoms with Gasteiger partial charge in [0.1, 0.15) is 0 Å². The maximum absolute atomic E-state index is 2.62. The van der Waals surface area contributed by atoms with Gasteiger partial charge in [-0.15, -0.1) is 0 Å². The molecule has 0 unspecified atom stereocenters. The van der Waals surface area contributed by atoms with Crippen molar-refractivity contribution < 1.29 is 0 Å². The van der Waals surface area contributed by atoms with Crippen LogP contribution >= 0.6 is 0 Å². The van der Waals surface area contributed by atoms with E-state index >= 15 is 0 Å². The minimum atomic E-state index is -0.183. The molecule has 0 aliphatic carbocycles. The molecular formula is C67H48BN3. The summed E-state index contributed by atoms with van der Waals surface area (Å²) in [7, 11) is 0. The molecule has 2 aliphatic heterocycles. The Morgan fingerprint density at radius 3 is 1.34 bits per heavy atom. The van der Waals surface area contributed by atoms with Crippen LogP contribution in [0.15, 0.2) is 273 Å². The predicted molar refractivity (Wildman–Crippen MR) is 301 cm³/mol. The topological polar surface area (TPSA) is 9.72 Å². The van der Waals surface area contributed by atoms with Gasteiger partial charge in [0.05, 0.1) is 0 Å². The van der Waals surface area contributed by atoms with E-state index in [4.69, 9.17) is 0 Å². The largest absolute Gasteiger partial charge is 0.376 e. The van der Waals surface area contributed by atoms with Crippen molar-refractivity contribution in [2.45, 2.75) is 6.92 Å². The third-order valence-electron chi connectivity index (χ3n) is 14.3. The molecular weight excluding hydrogens is 858 g/mol. The zero-order chi connectivity index (χ0) is 47.3. The summed E-state index contributed by atoms with van der Waals surface area (Å²) in [6, 6.07) is 100.0. The van der Waals surface area contributed by atoms with Crippen LogP contribution in [0.3, 0.4) is 0 Å². The molecule has 13 rings (SSSR count). The lowest BCUT2D eigenvalue weighted by Crippen LogP contribution is -2.61. The van der Waals surface area contributed by atoms with Crippen molar-refractivity contribution in [3.05, 3.63) is 279 Å². The molecule has 2 aliphatic rings. The molecule has 0 N–H and O–H groups in total. The summed E-state index contributed by atoms with van der Waals surface area (Å²) in [6.07, 6.45) is 0. The smallest absolute Gasteiger partial charge is 0.333 e. The average molecular weight is 906 g/mol. The first-order chi connectivity index (χ1) is 35.1. The van der Waals surface area contributed by atoms with Crippen molar-refractivity contribution >= 4 is 63.3 Å². The third-order valence-corrected chi connectivity index (χ3v) is 14.3. The van der Waals surface area contributed by atoms with E-state index in [1.807, 2.05) is 0 Å². The van der Waals surface area contributed by atoms with Gasteiger partial charge in [-0.25, -0.2) is 0 Å². The average Bonchev–Trinajstić information content (AvgIpc) is 3.45. The van der Waals surface area contributed by atoms with E-state index in [2.05, 4.69) is 295 Å². The molecule has 0 bridgehead atoms. The number of nitrogens with zero attached hydrogens (tertiary/aromatic N) is 3. The van der Waals surface area contributed by atoms with E-state index in [9.17, 15) is 0 Å². The minimum absolute atomic E-state index is 0.183. The van der Waals surface area contributed by atoms with Crippen molar-refractivity contribution in [2.24, 2.45) is 0 Å². The van der Waals surface area contributed by atoms with Crippen molar-refractivity contribution in [1.82, 2.24) is 0 Å². The minimum Gasteiger partial charge on any atom is -0.376 e. The van der Waals surface area contributed by atoms with Gasteiger partial charge in [-0.05, 0) is 152 Å². The lowest BCUT2D eigenvalue weighted by Gasteiger charge is -2.46. The number of para-hydroxylation sites is 2. The Balaban J connectivity index is 1.12. The van der Waals surface area contributed by atoms with Gasteiger partial charge >= 0.3 is 6.85 Å². The van der Waals surface area contributed by atoms with Gasteiger partial charge in [0.25, 0.3) is 0 Å². The Morgan fingerprint density at radius 1 is 0.310 bits per heavy atom. The summed E-state index contributed by atoms with van der Waals surface area (Å²) in [4.78, 5) is 7.57. The van der Waals surface area contributed by atoms with Crippen LogP contribution in [-0.2, 0) is 0 Å². The molecule has 3 nitrogen and oxygen atoms in total. The molecule has 0 saturated heterocycles. The van der Waals surface area contributed by atoms with Crippen molar-refractivity contribution in [2.75, 3.05) is 14.6 Å². The molecule has 4 heteroatoms. The van der Waals surface area contributed by atoms with E-state index in [-0.39, 0.29) is 6.85 Å². The van der Waals surface area contributed by atoms with Crippen molar-refractivity contribution in [1.29, 1.82) is 0 Å². The number of fused-ring (bicyclic) bond motifs is 4. The first-order valence-corrected chi connectivity index (χ1v) is 24.5. The molecule has 71 heavy (non-hydrogen) atoms. The highest BCUT2D eigenvalue weighted by atomic mass is 15.2. The number of benzene rings is 11. The predicted octanol–water partition coefficient (Wildman–Crippen LogP) is 16.8. The van der Waals surface area contributed by atoms with Crippen molar-refractivity contribution in [3.8, 4) is 55.6 Å². The standard InChI is InChI=1S/C67H48BN3/c1-47-42-53(49-22-10-3-11-23-49)35-41-63(47)70-65-46-59(69(56-28-16-6-17-29-56)57-30-18-7-19-31-57)38-40-62(65)68-67-61(43-55(45-66(67)70)51-26-14-5-15-27-51)60-39-34-54(50-24-12-4-13-25-50)44-64(60)71(68)58-36-32-52(33-37-58)48-20-8-2-9-21-48/h2-46H,1H3. The molecule has 0 spiro atoms. The SMILES string of the molecule is Cc1cc(-c2ccccc2)ccc1N1c2cc(N(c3ccccc3)c3ccccc3)ccc2B2c3c(cc(-c4ccccc4)cc31)-c1ccc(-c3ccccc3)cc1N2c1ccc(-c2ccccc2)cc1. The number of aryl methyl sites for hydroxylation is 1. The molecule has 334 valence electrons. The van der Waals surface area contributed by atoms with Crippen molar-refractivity contribution in [3.63, 3.8) is 0 Å². The van der Waals surface area contributed by atoms with Gasteiger partial charge < -0.3 is 14.6 Å². The third kappa shape index (κ3) is 7.49. The summed E-state index contributed by atoms with van der Waals surface area (Å²) >= 11 is 0. The molecule has 0 atom stereocenters. The van der Waals surface area contributed by atoms with E-state index in [0.717, 1.165) is 34.1 Å². The van der Waals surface area contributed by atoms with Crippen LogP contribution in [0.1, 0.15) is 5.56 Å². The van der Waals surface area contributed by atoms with Gasteiger partial charge in [-0.1, -0.05) is 194 Å². The highest BCUT2D eigenvalue weighted by molar-refractivity contribution is 6.93. The highest BCUT2D eigenvalue weighted by Gasteiger charge is 2.46. The zero-order valence-corrected chi connectivity index (χ0v) is 39.4. The number of hydrogen-bond donors (Lipinski definition) is 0. The van der Waals surface area contributed by atoms with Gasteiger partial charge in [0, 0.05) is 51.1 Å². The van der Waals surface area contributed by atoms with Gasteiger partial charge in [-0.3, -0.25) is 0 Å². The molecule has 0 radical (unpaired) electrons. The van der Waals surface area contributed by atoms with Crippen LogP contribution in [0.2, 0.25) is 0 Å². The lowest BCUT2D eigenvalue weighted by molar-refractivity contribution is 1.23. The lowest BCUT2D eigenvalue weighted by atomic mass is 9.43.